The van der Waals surface area contributed by atoms with Crippen LogP contribution >= 0.6 is 0 Å². The van der Waals surface area contributed by atoms with Crippen LogP contribution in [0.5, 0.6) is 0 Å². The van der Waals surface area contributed by atoms with Crippen molar-refractivity contribution in [3.8, 4) is 11.1 Å². The van der Waals surface area contributed by atoms with Gasteiger partial charge in [-0.2, -0.15) is 5.10 Å². The lowest BCUT2D eigenvalue weighted by atomic mass is 10.1. The van der Waals surface area contributed by atoms with Crippen molar-refractivity contribution in [1.29, 1.82) is 0 Å². The van der Waals surface area contributed by atoms with Crippen LogP contribution in [0.4, 0.5) is 0 Å². The van der Waals surface area contributed by atoms with E-state index in [4.69, 9.17) is 0 Å². The summed E-state index contributed by atoms with van der Waals surface area (Å²) in [6, 6.07) is 8.87. The normalized spacial score (nSPS) is 16.3. The Bertz CT molecular complexity index is 507. The molecule has 1 aliphatic heterocycles. The Morgan fingerprint density at radius 2 is 1.78 bits per heavy atom. The summed E-state index contributed by atoms with van der Waals surface area (Å²) in [6.07, 6.45) is 6.67. The van der Waals surface area contributed by atoms with Crippen LogP contribution in [-0.4, -0.2) is 27.8 Å². The van der Waals surface area contributed by atoms with Gasteiger partial charge in [-0.25, -0.2) is 0 Å². The maximum absolute atomic E-state index is 4.21. The van der Waals surface area contributed by atoms with Gasteiger partial charge in [-0.3, -0.25) is 9.58 Å². The average molecular weight is 241 g/mol. The standard InChI is InChI=1S/C15H19N3/c1-17-12-15(10-16-17)14-6-4-13(5-7-14)11-18-8-2-3-9-18/h4-7,10,12H,2-3,8-9,11H2,1H3. The van der Waals surface area contributed by atoms with Crippen LogP contribution in [-0.2, 0) is 13.6 Å². The highest BCUT2D eigenvalue weighted by atomic mass is 15.2. The molecule has 0 N–H and O–H groups in total. The second kappa shape index (κ2) is 4.94. The van der Waals surface area contributed by atoms with E-state index in [9.17, 15) is 0 Å². The molecular weight excluding hydrogens is 222 g/mol. The first-order valence-corrected chi connectivity index (χ1v) is 6.61. The molecule has 0 radical (unpaired) electrons. The molecule has 3 nitrogen and oxygen atoms in total. The van der Waals surface area contributed by atoms with Crippen molar-refractivity contribution in [2.75, 3.05) is 13.1 Å². The molecule has 0 unspecified atom stereocenters. The zero-order valence-corrected chi connectivity index (χ0v) is 10.8. The summed E-state index contributed by atoms with van der Waals surface area (Å²) >= 11 is 0. The van der Waals surface area contributed by atoms with Gasteiger partial charge in [0.1, 0.15) is 0 Å². The minimum absolute atomic E-state index is 1.09. The second-order valence-corrected chi connectivity index (χ2v) is 5.08. The molecule has 2 aromatic rings. The Balaban J connectivity index is 1.72. The fourth-order valence-corrected chi connectivity index (χ4v) is 2.57. The van der Waals surface area contributed by atoms with Gasteiger partial charge in [0.2, 0.25) is 0 Å². The third kappa shape index (κ3) is 2.46. The topological polar surface area (TPSA) is 21.1 Å². The SMILES string of the molecule is Cn1cc(-c2ccc(CN3CCCC3)cc2)cn1. The summed E-state index contributed by atoms with van der Waals surface area (Å²) in [5, 5.41) is 4.21. The van der Waals surface area contributed by atoms with Gasteiger partial charge in [-0.05, 0) is 37.1 Å². The van der Waals surface area contributed by atoms with Crippen molar-refractivity contribution in [2.45, 2.75) is 19.4 Å². The molecule has 0 amide bonds. The van der Waals surface area contributed by atoms with Gasteiger partial charge < -0.3 is 0 Å². The molecule has 1 aromatic carbocycles. The molecule has 0 saturated carbocycles. The number of likely N-dealkylation sites (tertiary alicyclic amines) is 1. The van der Waals surface area contributed by atoms with Crippen LogP contribution in [0.2, 0.25) is 0 Å². The molecule has 3 rings (SSSR count). The highest BCUT2D eigenvalue weighted by Gasteiger charge is 2.11. The first-order chi connectivity index (χ1) is 8.81. The summed E-state index contributed by atoms with van der Waals surface area (Å²) in [7, 11) is 1.95. The molecule has 18 heavy (non-hydrogen) atoms. The number of aromatic nitrogens is 2. The zero-order chi connectivity index (χ0) is 12.4. The molecule has 0 spiro atoms. The second-order valence-electron chi connectivity index (χ2n) is 5.08. The van der Waals surface area contributed by atoms with E-state index in [1.165, 1.54) is 42.6 Å². The maximum Gasteiger partial charge on any atom is 0.0568 e. The van der Waals surface area contributed by atoms with Crippen LogP contribution in [0.25, 0.3) is 11.1 Å². The van der Waals surface area contributed by atoms with Gasteiger partial charge in [0, 0.05) is 25.4 Å². The maximum atomic E-state index is 4.21. The number of hydrogen-bond acceptors (Lipinski definition) is 2. The molecule has 0 aliphatic carbocycles. The van der Waals surface area contributed by atoms with E-state index in [2.05, 4.69) is 40.5 Å². The minimum Gasteiger partial charge on any atom is -0.299 e. The van der Waals surface area contributed by atoms with Gasteiger partial charge in [0.05, 0.1) is 6.20 Å². The molecule has 0 bridgehead atoms. The summed E-state index contributed by atoms with van der Waals surface area (Å²) in [6.45, 7) is 3.60. The zero-order valence-electron chi connectivity index (χ0n) is 10.8. The van der Waals surface area contributed by atoms with Crippen LogP contribution < -0.4 is 0 Å². The Kier molecular flexibility index (Phi) is 3.15. The Hall–Kier alpha value is -1.61. The van der Waals surface area contributed by atoms with Crippen LogP contribution in [0.3, 0.4) is 0 Å². The lowest BCUT2D eigenvalue weighted by molar-refractivity contribution is 0.331. The van der Waals surface area contributed by atoms with Crippen molar-refractivity contribution in [3.63, 3.8) is 0 Å². The molecule has 0 atom stereocenters. The Morgan fingerprint density at radius 3 is 2.39 bits per heavy atom. The fraction of sp³-hybridized carbons (Fsp3) is 0.400. The quantitative estimate of drug-likeness (QED) is 0.823. The molecule has 1 fully saturated rings. The van der Waals surface area contributed by atoms with Gasteiger partial charge in [0.25, 0.3) is 0 Å². The van der Waals surface area contributed by atoms with Crippen molar-refractivity contribution in [3.05, 3.63) is 42.2 Å². The predicted octanol–water partition coefficient (Wildman–Crippen LogP) is 2.68. The lowest BCUT2D eigenvalue weighted by Gasteiger charge is -2.14. The number of rotatable bonds is 3. The Labute approximate surface area is 108 Å². The summed E-state index contributed by atoms with van der Waals surface area (Å²) in [4.78, 5) is 2.53. The smallest absolute Gasteiger partial charge is 0.0568 e. The molecule has 94 valence electrons. The average Bonchev–Trinajstić information content (AvgIpc) is 3.02. The van der Waals surface area contributed by atoms with Gasteiger partial charge in [-0.1, -0.05) is 24.3 Å². The van der Waals surface area contributed by atoms with Crippen LogP contribution in [0, 0.1) is 0 Å². The van der Waals surface area contributed by atoms with E-state index in [1.54, 1.807) is 0 Å². The van der Waals surface area contributed by atoms with Crippen molar-refractivity contribution >= 4 is 0 Å². The van der Waals surface area contributed by atoms with Crippen molar-refractivity contribution in [2.24, 2.45) is 7.05 Å². The summed E-state index contributed by atoms with van der Waals surface area (Å²) < 4.78 is 1.84. The molecule has 2 heterocycles. The van der Waals surface area contributed by atoms with Crippen molar-refractivity contribution in [1.82, 2.24) is 14.7 Å². The van der Waals surface area contributed by atoms with Gasteiger partial charge in [-0.15, -0.1) is 0 Å². The van der Waals surface area contributed by atoms with E-state index in [0.717, 1.165) is 6.54 Å². The highest BCUT2D eigenvalue weighted by Crippen LogP contribution is 2.20. The van der Waals surface area contributed by atoms with E-state index < -0.39 is 0 Å². The lowest BCUT2D eigenvalue weighted by Crippen LogP contribution is -2.18. The number of nitrogens with zero attached hydrogens (tertiary/aromatic N) is 3. The largest absolute Gasteiger partial charge is 0.299 e. The van der Waals surface area contributed by atoms with Gasteiger partial charge >= 0.3 is 0 Å². The monoisotopic (exact) mass is 241 g/mol. The fourth-order valence-electron chi connectivity index (χ4n) is 2.57. The summed E-state index contributed by atoms with van der Waals surface area (Å²) in [5.74, 6) is 0. The Morgan fingerprint density at radius 1 is 1.06 bits per heavy atom. The van der Waals surface area contributed by atoms with Crippen LogP contribution in [0.15, 0.2) is 36.7 Å². The van der Waals surface area contributed by atoms with E-state index >= 15 is 0 Å². The molecule has 3 heteroatoms. The van der Waals surface area contributed by atoms with Gasteiger partial charge in [0.15, 0.2) is 0 Å². The third-order valence-electron chi connectivity index (χ3n) is 3.60. The molecule has 1 saturated heterocycles. The summed E-state index contributed by atoms with van der Waals surface area (Å²) in [5.41, 5.74) is 3.84. The minimum atomic E-state index is 1.09. The molecule has 1 aliphatic rings. The first kappa shape index (κ1) is 11.5. The first-order valence-electron chi connectivity index (χ1n) is 6.61. The van der Waals surface area contributed by atoms with E-state index in [0.29, 0.717) is 0 Å². The predicted molar refractivity (Wildman–Crippen MR) is 73.2 cm³/mol. The third-order valence-corrected chi connectivity index (χ3v) is 3.60. The highest BCUT2D eigenvalue weighted by molar-refractivity contribution is 5.61. The van der Waals surface area contributed by atoms with Crippen LogP contribution in [0.1, 0.15) is 18.4 Å². The number of benzene rings is 1. The van der Waals surface area contributed by atoms with E-state index in [-0.39, 0.29) is 0 Å². The molecular formula is C15H19N3. The molecule has 1 aromatic heterocycles. The number of aryl methyl sites for hydroxylation is 1. The van der Waals surface area contributed by atoms with Crippen molar-refractivity contribution < 1.29 is 0 Å². The van der Waals surface area contributed by atoms with E-state index in [1.807, 2.05) is 17.9 Å². The number of hydrogen-bond donors (Lipinski definition) is 0.